The van der Waals surface area contributed by atoms with Gasteiger partial charge in [0.05, 0.1) is 0 Å². The molecule has 0 rings (SSSR count). The zero-order valence-corrected chi connectivity index (χ0v) is 6.32. The molecule has 0 unspecified atom stereocenters. The molecule has 0 aromatic heterocycles. The van der Waals surface area contributed by atoms with Gasteiger partial charge in [0, 0.05) is 21.1 Å². The standard InChI is InChI=1S/C5H14N2O2/c1-5(8-3,9-4)7-6-2/h6-7H,1-4H3. The number of hydrogen-bond donors (Lipinski definition) is 2. The van der Waals surface area contributed by atoms with Gasteiger partial charge in [-0.2, -0.15) is 0 Å². The van der Waals surface area contributed by atoms with Crippen molar-refractivity contribution in [1.29, 1.82) is 0 Å². The van der Waals surface area contributed by atoms with E-state index in [0.717, 1.165) is 0 Å². The van der Waals surface area contributed by atoms with Crippen LogP contribution in [0.3, 0.4) is 0 Å². The van der Waals surface area contributed by atoms with Crippen molar-refractivity contribution in [2.24, 2.45) is 0 Å². The molecule has 0 bridgehead atoms. The summed E-state index contributed by atoms with van der Waals surface area (Å²) in [5.41, 5.74) is 5.47. The molecule has 0 heterocycles. The van der Waals surface area contributed by atoms with E-state index in [9.17, 15) is 0 Å². The summed E-state index contributed by atoms with van der Waals surface area (Å²) in [6.07, 6.45) is 0. The lowest BCUT2D eigenvalue weighted by atomic mass is 10.6. The Morgan fingerprint density at radius 1 is 1.22 bits per heavy atom. The molecule has 0 aliphatic carbocycles. The summed E-state index contributed by atoms with van der Waals surface area (Å²) in [4.78, 5) is 0. The number of hydrogen-bond acceptors (Lipinski definition) is 4. The van der Waals surface area contributed by atoms with Gasteiger partial charge in [0.2, 0.25) is 5.91 Å². The highest BCUT2D eigenvalue weighted by molar-refractivity contribution is 4.51. The summed E-state index contributed by atoms with van der Waals surface area (Å²) in [6, 6.07) is 0. The molecule has 0 radical (unpaired) electrons. The molecule has 0 atom stereocenters. The van der Waals surface area contributed by atoms with E-state index in [-0.39, 0.29) is 0 Å². The Hall–Kier alpha value is -0.160. The van der Waals surface area contributed by atoms with Crippen molar-refractivity contribution in [3.8, 4) is 0 Å². The van der Waals surface area contributed by atoms with Crippen LogP contribution in [0.2, 0.25) is 0 Å². The zero-order valence-electron chi connectivity index (χ0n) is 6.32. The normalized spacial score (nSPS) is 12.0. The van der Waals surface area contributed by atoms with E-state index in [2.05, 4.69) is 10.9 Å². The average molecular weight is 134 g/mol. The molecule has 0 aromatic rings. The van der Waals surface area contributed by atoms with Crippen LogP contribution in [0.4, 0.5) is 0 Å². The molecule has 4 nitrogen and oxygen atoms in total. The number of ether oxygens (including phenoxy) is 2. The fourth-order valence-corrected chi connectivity index (χ4v) is 0.412. The van der Waals surface area contributed by atoms with Gasteiger partial charge < -0.3 is 9.47 Å². The van der Waals surface area contributed by atoms with Gasteiger partial charge in [-0.3, -0.25) is 5.43 Å². The van der Waals surface area contributed by atoms with Crippen molar-refractivity contribution in [3.63, 3.8) is 0 Å². The predicted octanol–water partition coefficient (Wildman–Crippen LogP) is -0.323. The third kappa shape index (κ3) is 2.76. The van der Waals surface area contributed by atoms with Crippen molar-refractivity contribution in [1.82, 2.24) is 10.9 Å². The second kappa shape index (κ2) is 3.79. The minimum Gasteiger partial charge on any atom is -0.340 e. The minimum absolute atomic E-state index is 0.727. The van der Waals surface area contributed by atoms with E-state index in [1.807, 2.05) is 0 Å². The molecule has 0 fully saturated rings. The molecule has 0 saturated heterocycles. The molecular weight excluding hydrogens is 120 g/mol. The third-order valence-electron chi connectivity index (χ3n) is 1.13. The number of rotatable bonds is 4. The first-order valence-electron chi connectivity index (χ1n) is 2.72. The maximum atomic E-state index is 4.93. The summed E-state index contributed by atoms with van der Waals surface area (Å²) in [5.74, 6) is -0.727. The van der Waals surface area contributed by atoms with Gasteiger partial charge >= 0.3 is 0 Å². The Morgan fingerprint density at radius 3 is 1.78 bits per heavy atom. The van der Waals surface area contributed by atoms with Crippen LogP contribution in [-0.2, 0) is 9.47 Å². The Balaban J connectivity index is 3.62. The molecule has 0 amide bonds. The fourth-order valence-electron chi connectivity index (χ4n) is 0.412. The van der Waals surface area contributed by atoms with Gasteiger partial charge in [0.25, 0.3) is 0 Å². The van der Waals surface area contributed by atoms with E-state index >= 15 is 0 Å². The smallest absolute Gasteiger partial charge is 0.236 e. The first-order chi connectivity index (χ1) is 4.18. The van der Waals surface area contributed by atoms with Crippen molar-refractivity contribution >= 4 is 0 Å². The van der Waals surface area contributed by atoms with E-state index in [1.54, 1.807) is 28.2 Å². The van der Waals surface area contributed by atoms with E-state index in [1.165, 1.54) is 0 Å². The predicted molar refractivity (Wildman–Crippen MR) is 34.6 cm³/mol. The molecule has 2 N–H and O–H groups in total. The van der Waals surface area contributed by atoms with E-state index < -0.39 is 5.91 Å². The van der Waals surface area contributed by atoms with E-state index in [0.29, 0.717) is 0 Å². The number of hydrazine groups is 1. The van der Waals surface area contributed by atoms with Crippen LogP contribution in [0.5, 0.6) is 0 Å². The van der Waals surface area contributed by atoms with E-state index in [4.69, 9.17) is 9.47 Å². The minimum atomic E-state index is -0.727. The van der Waals surface area contributed by atoms with Crippen molar-refractivity contribution < 1.29 is 9.47 Å². The highest BCUT2D eigenvalue weighted by Gasteiger charge is 2.19. The van der Waals surface area contributed by atoms with Crippen molar-refractivity contribution in [2.75, 3.05) is 21.3 Å². The van der Waals surface area contributed by atoms with Crippen LogP contribution in [0.15, 0.2) is 0 Å². The van der Waals surface area contributed by atoms with Gasteiger partial charge in [-0.1, -0.05) is 0 Å². The molecule has 0 aliphatic rings. The molecule has 9 heavy (non-hydrogen) atoms. The lowest BCUT2D eigenvalue weighted by Gasteiger charge is -2.26. The maximum Gasteiger partial charge on any atom is 0.236 e. The first kappa shape index (κ1) is 8.84. The SMILES string of the molecule is CNNC(C)(OC)OC. The summed E-state index contributed by atoms with van der Waals surface area (Å²) >= 11 is 0. The molecule has 0 aromatic carbocycles. The van der Waals surface area contributed by atoms with Crippen molar-refractivity contribution in [2.45, 2.75) is 12.8 Å². The van der Waals surface area contributed by atoms with Crippen molar-refractivity contribution in [3.05, 3.63) is 0 Å². The van der Waals surface area contributed by atoms with Crippen LogP contribution in [-0.4, -0.2) is 27.2 Å². The van der Waals surface area contributed by atoms with Crippen LogP contribution in [0.25, 0.3) is 0 Å². The zero-order chi connectivity index (χ0) is 7.33. The summed E-state index contributed by atoms with van der Waals surface area (Å²) < 4.78 is 9.86. The van der Waals surface area contributed by atoms with Crippen LogP contribution in [0.1, 0.15) is 6.92 Å². The monoisotopic (exact) mass is 134 g/mol. The van der Waals surface area contributed by atoms with Crippen LogP contribution >= 0.6 is 0 Å². The average Bonchev–Trinajstić information content (AvgIpc) is 1.89. The van der Waals surface area contributed by atoms with Gasteiger partial charge in [-0.05, 0) is 7.05 Å². The molecule has 0 spiro atoms. The Kier molecular flexibility index (Phi) is 3.72. The van der Waals surface area contributed by atoms with Gasteiger partial charge in [0.15, 0.2) is 0 Å². The molecule has 0 saturated carbocycles. The van der Waals surface area contributed by atoms with Crippen LogP contribution in [0, 0.1) is 0 Å². The third-order valence-corrected chi connectivity index (χ3v) is 1.13. The van der Waals surface area contributed by atoms with Gasteiger partial charge in [-0.15, -0.1) is 0 Å². The number of methoxy groups -OCH3 is 2. The molecule has 0 aliphatic heterocycles. The molecular formula is C5H14N2O2. The quantitative estimate of drug-likeness (QED) is 0.408. The highest BCUT2D eigenvalue weighted by atomic mass is 16.7. The summed E-state index contributed by atoms with van der Waals surface area (Å²) in [6.45, 7) is 1.77. The topological polar surface area (TPSA) is 42.5 Å². The Morgan fingerprint density at radius 2 is 1.67 bits per heavy atom. The second-order valence-electron chi connectivity index (χ2n) is 1.73. The largest absolute Gasteiger partial charge is 0.340 e. The Labute approximate surface area is 55.5 Å². The Bertz CT molecular complexity index is 73.4. The lowest BCUT2D eigenvalue weighted by Crippen LogP contribution is -2.51. The highest BCUT2D eigenvalue weighted by Crippen LogP contribution is 2.01. The lowest BCUT2D eigenvalue weighted by molar-refractivity contribution is -0.220. The van der Waals surface area contributed by atoms with Gasteiger partial charge in [-0.25, -0.2) is 5.43 Å². The fraction of sp³-hybridized carbons (Fsp3) is 1.00. The second-order valence-corrected chi connectivity index (χ2v) is 1.73. The van der Waals surface area contributed by atoms with Crippen LogP contribution < -0.4 is 10.9 Å². The first-order valence-corrected chi connectivity index (χ1v) is 2.72. The molecule has 4 heteroatoms. The maximum absolute atomic E-state index is 4.93. The molecule has 56 valence electrons. The number of nitrogens with one attached hydrogen (secondary N) is 2. The van der Waals surface area contributed by atoms with Gasteiger partial charge in [0.1, 0.15) is 0 Å². The summed E-state index contributed by atoms with van der Waals surface area (Å²) in [5, 5.41) is 0. The summed E-state index contributed by atoms with van der Waals surface area (Å²) in [7, 11) is 4.87.